The van der Waals surface area contributed by atoms with Crippen LogP contribution in [0.4, 0.5) is 0 Å². The number of hydrogen-bond donors (Lipinski definition) is 2. The van der Waals surface area contributed by atoms with Crippen molar-refractivity contribution in [2.24, 2.45) is 11.8 Å². The second-order valence-corrected chi connectivity index (χ2v) is 5.68. The average Bonchev–Trinajstić information content (AvgIpc) is 2.99. The highest BCUT2D eigenvalue weighted by molar-refractivity contribution is 5.87. The lowest BCUT2D eigenvalue weighted by atomic mass is 9.82. The summed E-state index contributed by atoms with van der Waals surface area (Å²) in [5.41, 5.74) is 0. The first kappa shape index (κ1) is 12.7. The predicted octanol–water partition coefficient (Wildman–Crippen LogP) is 1.09. The fourth-order valence-electron chi connectivity index (χ4n) is 3.46. The molecule has 1 saturated heterocycles. The second kappa shape index (κ2) is 4.96. The number of carboxylic acid groups (broad SMARTS) is 1. The number of aliphatic carboxylic acids is 1. The molecule has 2 heterocycles. The number of rotatable bonds is 3. The van der Waals surface area contributed by atoms with Crippen LogP contribution in [-0.4, -0.2) is 35.2 Å². The van der Waals surface area contributed by atoms with Gasteiger partial charge in [0.15, 0.2) is 0 Å². The molecule has 0 radical (unpaired) electrons. The minimum atomic E-state index is -0.944. The summed E-state index contributed by atoms with van der Waals surface area (Å²) >= 11 is 0. The van der Waals surface area contributed by atoms with Gasteiger partial charge in [-0.15, -0.1) is 0 Å². The van der Waals surface area contributed by atoms with Crippen molar-refractivity contribution in [3.8, 4) is 0 Å². The molecule has 3 aliphatic rings. The Morgan fingerprint density at radius 3 is 2.32 bits per heavy atom. The zero-order valence-electron chi connectivity index (χ0n) is 10.7. The molecule has 4 atom stereocenters. The molecule has 19 heavy (non-hydrogen) atoms. The van der Waals surface area contributed by atoms with E-state index >= 15 is 0 Å². The molecule has 5 heteroatoms. The summed E-state index contributed by atoms with van der Waals surface area (Å²) in [4.78, 5) is 23.6. The molecule has 1 aliphatic carbocycles. The van der Waals surface area contributed by atoms with E-state index in [0.717, 1.165) is 25.7 Å². The van der Waals surface area contributed by atoms with Crippen LogP contribution >= 0.6 is 0 Å². The first-order valence-electron chi connectivity index (χ1n) is 7.04. The predicted molar refractivity (Wildman–Crippen MR) is 67.4 cm³/mol. The Labute approximate surface area is 112 Å². The Balaban J connectivity index is 1.68. The third kappa shape index (κ3) is 2.27. The zero-order valence-corrected chi connectivity index (χ0v) is 10.7. The van der Waals surface area contributed by atoms with Crippen LogP contribution in [0.15, 0.2) is 12.2 Å². The standard InChI is InChI=1S/C14H19NO4/c16-13(15-8-4-2-1-3-5-8)11-9-6-7-10(19-9)12(11)14(17)18/h6-12H,1-5H2,(H,15,16)(H,17,18)/t9-,10-,11+,12-/m0/s1. The van der Waals surface area contributed by atoms with E-state index in [4.69, 9.17) is 4.74 Å². The molecule has 0 unspecified atom stereocenters. The topological polar surface area (TPSA) is 75.6 Å². The first-order valence-corrected chi connectivity index (χ1v) is 7.04. The number of carbonyl (C=O) groups is 2. The van der Waals surface area contributed by atoms with Crippen LogP contribution in [0.2, 0.25) is 0 Å². The maximum Gasteiger partial charge on any atom is 0.310 e. The van der Waals surface area contributed by atoms with E-state index in [2.05, 4.69) is 5.32 Å². The van der Waals surface area contributed by atoms with Crippen LogP contribution in [0.25, 0.3) is 0 Å². The van der Waals surface area contributed by atoms with Gasteiger partial charge in [-0.05, 0) is 12.8 Å². The Bertz CT molecular complexity index is 414. The number of ether oxygens (including phenoxy) is 1. The molecule has 104 valence electrons. The lowest BCUT2D eigenvalue weighted by Crippen LogP contribution is -2.46. The van der Waals surface area contributed by atoms with Gasteiger partial charge in [0.2, 0.25) is 5.91 Å². The Hall–Kier alpha value is -1.36. The molecule has 2 bridgehead atoms. The minimum Gasteiger partial charge on any atom is -0.481 e. The van der Waals surface area contributed by atoms with Crippen molar-refractivity contribution in [1.82, 2.24) is 5.32 Å². The van der Waals surface area contributed by atoms with Gasteiger partial charge in [-0.2, -0.15) is 0 Å². The Morgan fingerprint density at radius 2 is 1.68 bits per heavy atom. The van der Waals surface area contributed by atoms with Crippen molar-refractivity contribution in [2.75, 3.05) is 0 Å². The molecule has 1 amide bonds. The molecule has 2 N–H and O–H groups in total. The molecular formula is C14H19NO4. The fraction of sp³-hybridized carbons (Fsp3) is 0.714. The second-order valence-electron chi connectivity index (χ2n) is 5.68. The highest BCUT2D eigenvalue weighted by Crippen LogP contribution is 2.39. The smallest absolute Gasteiger partial charge is 0.310 e. The summed E-state index contributed by atoms with van der Waals surface area (Å²) in [5, 5.41) is 12.3. The summed E-state index contributed by atoms with van der Waals surface area (Å²) in [5.74, 6) is -2.41. The van der Waals surface area contributed by atoms with E-state index in [1.807, 2.05) is 6.08 Å². The summed E-state index contributed by atoms with van der Waals surface area (Å²) in [7, 11) is 0. The molecule has 2 aliphatic heterocycles. The molecule has 0 aromatic rings. The number of carbonyl (C=O) groups excluding carboxylic acids is 1. The SMILES string of the molecule is O=C(O)[C@@H]1[C@H](C(=O)NC2CCCCC2)[C@@H]2C=C[C@@H]1O2. The van der Waals surface area contributed by atoms with Gasteiger partial charge in [-0.1, -0.05) is 31.4 Å². The monoisotopic (exact) mass is 265 g/mol. The van der Waals surface area contributed by atoms with Crippen LogP contribution in [0, 0.1) is 11.8 Å². The van der Waals surface area contributed by atoms with Gasteiger partial charge in [-0.3, -0.25) is 9.59 Å². The van der Waals surface area contributed by atoms with Crippen molar-refractivity contribution >= 4 is 11.9 Å². The van der Waals surface area contributed by atoms with Crippen LogP contribution in [0.5, 0.6) is 0 Å². The van der Waals surface area contributed by atoms with Crippen LogP contribution in [0.3, 0.4) is 0 Å². The van der Waals surface area contributed by atoms with Crippen molar-refractivity contribution in [2.45, 2.75) is 50.4 Å². The average molecular weight is 265 g/mol. The minimum absolute atomic E-state index is 0.156. The van der Waals surface area contributed by atoms with Crippen molar-refractivity contribution < 1.29 is 19.4 Å². The van der Waals surface area contributed by atoms with E-state index in [0.29, 0.717) is 0 Å². The maximum atomic E-state index is 12.3. The summed E-state index contributed by atoms with van der Waals surface area (Å²) < 4.78 is 5.52. The normalized spacial score (nSPS) is 37.5. The largest absolute Gasteiger partial charge is 0.481 e. The summed E-state index contributed by atoms with van der Waals surface area (Å²) in [6, 6.07) is 0.207. The molecule has 0 aromatic heterocycles. The van der Waals surface area contributed by atoms with E-state index in [-0.39, 0.29) is 18.1 Å². The van der Waals surface area contributed by atoms with Crippen molar-refractivity contribution in [3.63, 3.8) is 0 Å². The highest BCUT2D eigenvalue weighted by atomic mass is 16.5. The summed E-state index contributed by atoms with van der Waals surface area (Å²) in [6.07, 6.45) is 8.27. The van der Waals surface area contributed by atoms with Crippen LogP contribution in [-0.2, 0) is 14.3 Å². The van der Waals surface area contributed by atoms with Gasteiger partial charge in [-0.25, -0.2) is 0 Å². The maximum absolute atomic E-state index is 12.3. The molecule has 2 fully saturated rings. The van der Waals surface area contributed by atoms with E-state index < -0.39 is 23.9 Å². The van der Waals surface area contributed by atoms with Crippen molar-refractivity contribution in [3.05, 3.63) is 12.2 Å². The van der Waals surface area contributed by atoms with Gasteiger partial charge < -0.3 is 15.2 Å². The Kier molecular flexibility index (Phi) is 3.31. The third-order valence-corrected chi connectivity index (χ3v) is 4.44. The lowest BCUT2D eigenvalue weighted by molar-refractivity contribution is -0.146. The van der Waals surface area contributed by atoms with E-state index in [1.165, 1.54) is 6.42 Å². The van der Waals surface area contributed by atoms with Gasteiger partial charge in [0.25, 0.3) is 0 Å². The van der Waals surface area contributed by atoms with E-state index in [1.54, 1.807) is 6.08 Å². The zero-order chi connectivity index (χ0) is 13.4. The molecule has 5 nitrogen and oxygen atoms in total. The fourth-order valence-corrected chi connectivity index (χ4v) is 3.46. The molecular weight excluding hydrogens is 246 g/mol. The van der Waals surface area contributed by atoms with Gasteiger partial charge >= 0.3 is 5.97 Å². The van der Waals surface area contributed by atoms with Crippen LogP contribution in [0.1, 0.15) is 32.1 Å². The quantitative estimate of drug-likeness (QED) is 0.749. The number of nitrogens with one attached hydrogen (secondary N) is 1. The first-order chi connectivity index (χ1) is 9.16. The third-order valence-electron chi connectivity index (χ3n) is 4.44. The number of fused-ring (bicyclic) bond motifs is 2. The van der Waals surface area contributed by atoms with Gasteiger partial charge in [0, 0.05) is 6.04 Å². The van der Waals surface area contributed by atoms with Gasteiger partial charge in [0.05, 0.1) is 18.1 Å². The summed E-state index contributed by atoms with van der Waals surface area (Å²) in [6.45, 7) is 0. The molecule has 0 spiro atoms. The number of hydrogen-bond acceptors (Lipinski definition) is 3. The number of amides is 1. The molecule has 0 aromatic carbocycles. The molecule has 3 rings (SSSR count). The Morgan fingerprint density at radius 1 is 1.05 bits per heavy atom. The number of carboxylic acids is 1. The lowest BCUT2D eigenvalue weighted by Gasteiger charge is -2.27. The highest BCUT2D eigenvalue weighted by Gasteiger charge is 2.53. The van der Waals surface area contributed by atoms with Crippen molar-refractivity contribution in [1.29, 1.82) is 0 Å². The molecule has 1 saturated carbocycles. The van der Waals surface area contributed by atoms with E-state index in [9.17, 15) is 14.7 Å². The van der Waals surface area contributed by atoms with Crippen LogP contribution < -0.4 is 5.32 Å². The van der Waals surface area contributed by atoms with Gasteiger partial charge in [0.1, 0.15) is 5.92 Å².